The van der Waals surface area contributed by atoms with Gasteiger partial charge in [-0.15, -0.1) is 0 Å². The molecule has 0 unspecified atom stereocenters. The lowest BCUT2D eigenvalue weighted by atomic mass is 10.1. The van der Waals surface area contributed by atoms with Crippen LogP contribution in [0.15, 0.2) is 24.3 Å². The molecule has 2 rings (SSSR count). The highest BCUT2D eigenvalue weighted by Gasteiger charge is 2.33. The Labute approximate surface area is 118 Å². The van der Waals surface area contributed by atoms with E-state index in [9.17, 15) is 9.90 Å². The highest BCUT2D eigenvalue weighted by Crippen LogP contribution is 2.25. The predicted molar refractivity (Wildman–Crippen MR) is 74.4 cm³/mol. The van der Waals surface area contributed by atoms with E-state index >= 15 is 0 Å². The molecule has 1 aromatic carbocycles. The van der Waals surface area contributed by atoms with Crippen molar-refractivity contribution in [3.8, 4) is 5.75 Å². The number of aliphatic hydroxyl groups excluding tert-OH is 2. The third-order valence-electron chi connectivity index (χ3n) is 3.71. The Hall–Kier alpha value is -1.59. The Balaban J connectivity index is 1.78. The third-order valence-corrected chi connectivity index (χ3v) is 3.71. The lowest BCUT2D eigenvalue weighted by molar-refractivity contribution is -0.123. The minimum absolute atomic E-state index is 0.0404. The van der Waals surface area contributed by atoms with Gasteiger partial charge in [-0.3, -0.25) is 4.79 Å². The lowest BCUT2D eigenvalue weighted by Crippen LogP contribution is -2.36. The van der Waals surface area contributed by atoms with Gasteiger partial charge in [0.1, 0.15) is 5.75 Å². The van der Waals surface area contributed by atoms with Gasteiger partial charge in [-0.05, 0) is 31.4 Å². The van der Waals surface area contributed by atoms with E-state index in [1.807, 2.05) is 31.2 Å². The number of hydrogen-bond donors (Lipinski definition) is 3. The summed E-state index contributed by atoms with van der Waals surface area (Å²) in [5.41, 5.74) is 0.983. The molecular formula is C15H21NO4. The first-order valence-corrected chi connectivity index (χ1v) is 6.87. The second-order valence-electron chi connectivity index (χ2n) is 5.30. The van der Waals surface area contributed by atoms with E-state index in [4.69, 9.17) is 9.84 Å². The minimum Gasteiger partial charge on any atom is -0.484 e. The van der Waals surface area contributed by atoms with E-state index in [0.29, 0.717) is 18.6 Å². The van der Waals surface area contributed by atoms with E-state index in [1.165, 1.54) is 0 Å². The number of aryl methyl sites for hydroxylation is 1. The Morgan fingerprint density at radius 1 is 1.40 bits per heavy atom. The molecule has 3 N–H and O–H groups in total. The van der Waals surface area contributed by atoms with Gasteiger partial charge in [0, 0.05) is 18.6 Å². The summed E-state index contributed by atoms with van der Waals surface area (Å²) in [5.74, 6) is 0.351. The summed E-state index contributed by atoms with van der Waals surface area (Å²) in [6.07, 6.45) is 0.553. The first-order valence-electron chi connectivity index (χ1n) is 6.87. The molecule has 0 heterocycles. The Morgan fingerprint density at radius 3 is 2.80 bits per heavy atom. The second kappa shape index (κ2) is 6.72. The van der Waals surface area contributed by atoms with Gasteiger partial charge in [-0.1, -0.05) is 18.2 Å². The van der Waals surface area contributed by atoms with Gasteiger partial charge in [0.05, 0.1) is 6.10 Å². The van der Waals surface area contributed by atoms with Crippen LogP contribution in [0.2, 0.25) is 0 Å². The molecular weight excluding hydrogens is 258 g/mol. The number of nitrogens with one attached hydrogen (secondary N) is 1. The van der Waals surface area contributed by atoms with Crippen LogP contribution < -0.4 is 10.1 Å². The quantitative estimate of drug-likeness (QED) is 0.738. The van der Waals surface area contributed by atoms with E-state index < -0.39 is 6.10 Å². The molecule has 0 aliphatic heterocycles. The van der Waals surface area contributed by atoms with Crippen LogP contribution in [0.5, 0.6) is 5.75 Å². The van der Waals surface area contributed by atoms with Crippen LogP contribution in [0.1, 0.15) is 18.4 Å². The van der Waals surface area contributed by atoms with Crippen molar-refractivity contribution in [2.75, 3.05) is 13.2 Å². The summed E-state index contributed by atoms with van der Waals surface area (Å²) >= 11 is 0. The summed E-state index contributed by atoms with van der Waals surface area (Å²) in [6.45, 7) is 1.83. The zero-order valence-electron chi connectivity index (χ0n) is 11.6. The van der Waals surface area contributed by atoms with Crippen LogP contribution in [0, 0.1) is 12.8 Å². The molecule has 1 aliphatic rings. The normalized spacial score (nSPS) is 25.4. The monoisotopic (exact) mass is 279 g/mol. The number of para-hydroxylation sites is 1. The number of benzene rings is 1. The van der Waals surface area contributed by atoms with Crippen molar-refractivity contribution in [2.45, 2.75) is 31.9 Å². The van der Waals surface area contributed by atoms with Crippen LogP contribution >= 0.6 is 0 Å². The molecule has 3 atom stereocenters. The molecule has 20 heavy (non-hydrogen) atoms. The number of rotatable bonds is 5. The maximum atomic E-state index is 11.8. The Kier molecular flexibility index (Phi) is 4.98. The highest BCUT2D eigenvalue weighted by molar-refractivity contribution is 5.77. The summed E-state index contributed by atoms with van der Waals surface area (Å²) < 4.78 is 5.46. The van der Waals surface area contributed by atoms with Crippen molar-refractivity contribution < 1.29 is 19.7 Å². The van der Waals surface area contributed by atoms with Crippen molar-refractivity contribution in [1.82, 2.24) is 5.32 Å². The number of ether oxygens (including phenoxy) is 1. The summed E-state index contributed by atoms with van der Waals surface area (Å²) in [4.78, 5) is 11.8. The number of aliphatic hydroxyl groups is 2. The van der Waals surface area contributed by atoms with Crippen molar-refractivity contribution >= 4 is 5.91 Å². The van der Waals surface area contributed by atoms with Gasteiger partial charge >= 0.3 is 0 Å². The molecule has 1 saturated carbocycles. The molecule has 1 aliphatic carbocycles. The SMILES string of the molecule is Cc1ccccc1OCC(=O)N[C@@H]1C[C@H](CO)[C@H](O)C1. The minimum atomic E-state index is -0.539. The molecule has 0 radical (unpaired) electrons. The van der Waals surface area contributed by atoms with Crippen LogP contribution in [-0.2, 0) is 4.79 Å². The van der Waals surface area contributed by atoms with E-state index in [0.717, 1.165) is 5.56 Å². The summed E-state index contributed by atoms with van der Waals surface area (Å²) in [5, 5.41) is 21.6. The number of hydrogen-bond acceptors (Lipinski definition) is 4. The molecule has 0 aromatic heterocycles. The molecule has 1 aromatic rings. The van der Waals surface area contributed by atoms with Gasteiger partial charge < -0.3 is 20.3 Å². The maximum absolute atomic E-state index is 11.8. The number of carbonyl (C=O) groups excluding carboxylic acids is 1. The van der Waals surface area contributed by atoms with E-state index in [1.54, 1.807) is 0 Å². The smallest absolute Gasteiger partial charge is 0.258 e. The van der Waals surface area contributed by atoms with Gasteiger partial charge in [0.15, 0.2) is 6.61 Å². The Bertz CT molecular complexity index is 463. The molecule has 0 bridgehead atoms. The van der Waals surface area contributed by atoms with Crippen LogP contribution in [0.4, 0.5) is 0 Å². The maximum Gasteiger partial charge on any atom is 0.258 e. The van der Waals surface area contributed by atoms with Gasteiger partial charge in [0.25, 0.3) is 5.91 Å². The zero-order chi connectivity index (χ0) is 14.5. The average Bonchev–Trinajstić information content (AvgIpc) is 2.77. The van der Waals surface area contributed by atoms with Crippen molar-refractivity contribution in [2.24, 2.45) is 5.92 Å². The van der Waals surface area contributed by atoms with E-state index in [2.05, 4.69) is 5.32 Å². The fraction of sp³-hybridized carbons (Fsp3) is 0.533. The van der Waals surface area contributed by atoms with Crippen molar-refractivity contribution in [3.05, 3.63) is 29.8 Å². The fourth-order valence-corrected chi connectivity index (χ4v) is 2.55. The molecule has 0 spiro atoms. The van der Waals surface area contributed by atoms with Crippen LogP contribution in [0.3, 0.4) is 0 Å². The summed E-state index contributed by atoms with van der Waals surface area (Å²) in [6, 6.07) is 7.43. The molecule has 110 valence electrons. The molecule has 5 nitrogen and oxygen atoms in total. The van der Waals surface area contributed by atoms with Crippen LogP contribution in [-0.4, -0.2) is 41.5 Å². The first-order chi connectivity index (χ1) is 9.60. The van der Waals surface area contributed by atoms with Gasteiger partial charge in [-0.25, -0.2) is 0 Å². The van der Waals surface area contributed by atoms with Crippen LogP contribution in [0.25, 0.3) is 0 Å². The first kappa shape index (κ1) is 14.8. The topological polar surface area (TPSA) is 78.8 Å². The summed E-state index contributed by atoms with van der Waals surface area (Å²) in [7, 11) is 0. The zero-order valence-corrected chi connectivity index (χ0v) is 11.6. The Morgan fingerprint density at radius 2 is 2.15 bits per heavy atom. The molecule has 5 heteroatoms. The predicted octanol–water partition coefficient (Wildman–Crippen LogP) is 0.622. The molecule has 1 fully saturated rings. The molecule has 0 saturated heterocycles. The third kappa shape index (κ3) is 3.71. The lowest BCUT2D eigenvalue weighted by Gasteiger charge is -2.13. The average molecular weight is 279 g/mol. The van der Waals surface area contributed by atoms with E-state index in [-0.39, 0.29) is 31.1 Å². The standard InChI is InChI=1S/C15H21NO4/c1-10-4-2-3-5-14(10)20-9-15(19)16-12-6-11(8-17)13(18)7-12/h2-5,11-13,17-18H,6-9H2,1H3,(H,16,19)/t11-,12-,13-/m1/s1. The number of amides is 1. The highest BCUT2D eigenvalue weighted by atomic mass is 16.5. The van der Waals surface area contributed by atoms with Gasteiger partial charge in [0.2, 0.25) is 0 Å². The number of carbonyl (C=O) groups is 1. The molecule has 1 amide bonds. The van der Waals surface area contributed by atoms with Crippen molar-refractivity contribution in [1.29, 1.82) is 0 Å². The van der Waals surface area contributed by atoms with Gasteiger partial charge in [-0.2, -0.15) is 0 Å². The fourth-order valence-electron chi connectivity index (χ4n) is 2.55. The second-order valence-corrected chi connectivity index (χ2v) is 5.30. The largest absolute Gasteiger partial charge is 0.484 e. The van der Waals surface area contributed by atoms with Crippen molar-refractivity contribution in [3.63, 3.8) is 0 Å².